The summed E-state index contributed by atoms with van der Waals surface area (Å²) in [6.45, 7) is 10.3. The number of likely N-dealkylation sites (N-methyl/N-ethyl adjacent to an activating group) is 1. The molecule has 1 aromatic rings. The van der Waals surface area contributed by atoms with Crippen molar-refractivity contribution >= 4 is 29.3 Å². The van der Waals surface area contributed by atoms with E-state index in [9.17, 15) is 9.59 Å². The van der Waals surface area contributed by atoms with Crippen LogP contribution in [0.2, 0.25) is 0 Å². The van der Waals surface area contributed by atoms with Crippen LogP contribution in [0.4, 0.5) is 5.69 Å². The van der Waals surface area contributed by atoms with Gasteiger partial charge in [0.05, 0.1) is 5.69 Å². The van der Waals surface area contributed by atoms with Crippen molar-refractivity contribution < 1.29 is 9.59 Å². The van der Waals surface area contributed by atoms with Crippen molar-refractivity contribution in [1.82, 2.24) is 15.1 Å². The van der Waals surface area contributed by atoms with Crippen molar-refractivity contribution in [3.8, 4) is 0 Å². The molecule has 2 aliphatic rings. The number of amides is 2. The van der Waals surface area contributed by atoms with Crippen LogP contribution in [0.5, 0.6) is 0 Å². The van der Waals surface area contributed by atoms with Gasteiger partial charge in [-0.05, 0) is 31.6 Å². The molecule has 0 aliphatic carbocycles. The van der Waals surface area contributed by atoms with Gasteiger partial charge in [0.2, 0.25) is 11.8 Å². The number of piperazine rings is 1. The third-order valence-electron chi connectivity index (χ3n) is 5.48. The van der Waals surface area contributed by atoms with Crippen LogP contribution in [0.25, 0.3) is 0 Å². The Morgan fingerprint density at radius 1 is 1.04 bits per heavy atom. The number of nitrogens with zero attached hydrogens (tertiary/aromatic N) is 3. The number of hydrogen-bond donors (Lipinski definition) is 1. The zero-order valence-corrected chi connectivity index (χ0v) is 17.7. The number of carbonyl (C=O) groups excluding carboxylic acids is 2. The molecule has 1 N–H and O–H groups in total. The van der Waals surface area contributed by atoms with Gasteiger partial charge >= 0.3 is 0 Å². The Morgan fingerprint density at radius 3 is 2.57 bits per heavy atom. The van der Waals surface area contributed by atoms with Gasteiger partial charge in [-0.1, -0.05) is 19.1 Å². The van der Waals surface area contributed by atoms with Crippen molar-refractivity contribution in [3.05, 3.63) is 24.3 Å². The highest BCUT2D eigenvalue weighted by molar-refractivity contribution is 7.99. The molecule has 3 rings (SSSR count). The summed E-state index contributed by atoms with van der Waals surface area (Å²) in [7, 11) is 0. The first kappa shape index (κ1) is 21.1. The number of benzene rings is 1. The zero-order valence-electron chi connectivity index (χ0n) is 16.9. The van der Waals surface area contributed by atoms with Crippen LogP contribution in [0.3, 0.4) is 0 Å². The Balaban J connectivity index is 1.31. The van der Waals surface area contributed by atoms with E-state index < -0.39 is 0 Å². The lowest BCUT2D eigenvalue weighted by molar-refractivity contribution is -0.125. The summed E-state index contributed by atoms with van der Waals surface area (Å²) >= 11 is 1.78. The number of nitrogens with one attached hydrogen (secondary N) is 1. The Bertz CT molecular complexity index is 662. The average Bonchev–Trinajstić information content (AvgIpc) is 2.75. The Morgan fingerprint density at radius 2 is 1.79 bits per heavy atom. The molecule has 2 amide bonds. The summed E-state index contributed by atoms with van der Waals surface area (Å²) in [5.74, 6) is 0.919. The predicted octanol–water partition coefficient (Wildman–Crippen LogP) is 2.05. The largest absolute Gasteiger partial charge is 0.356 e. The minimum Gasteiger partial charge on any atom is -0.356 e. The van der Waals surface area contributed by atoms with Gasteiger partial charge in [-0.25, -0.2) is 0 Å². The lowest BCUT2D eigenvalue weighted by Crippen LogP contribution is -2.46. The molecule has 0 unspecified atom stereocenters. The summed E-state index contributed by atoms with van der Waals surface area (Å²) in [5.41, 5.74) is 0.979. The van der Waals surface area contributed by atoms with E-state index >= 15 is 0 Å². The highest BCUT2D eigenvalue weighted by Crippen LogP contribution is 2.34. The highest BCUT2D eigenvalue weighted by Gasteiger charge is 2.22. The molecular weight excluding hydrogens is 372 g/mol. The average molecular weight is 405 g/mol. The van der Waals surface area contributed by atoms with Crippen LogP contribution in [0, 0.1) is 0 Å². The van der Waals surface area contributed by atoms with Crippen molar-refractivity contribution in [2.75, 3.05) is 63.0 Å². The van der Waals surface area contributed by atoms with Gasteiger partial charge < -0.3 is 20.0 Å². The molecule has 7 heteroatoms. The van der Waals surface area contributed by atoms with E-state index in [1.54, 1.807) is 11.8 Å². The molecule has 0 radical (unpaired) electrons. The second kappa shape index (κ2) is 10.8. The lowest BCUT2D eigenvalue weighted by Gasteiger charge is -2.33. The first-order valence-corrected chi connectivity index (χ1v) is 11.4. The van der Waals surface area contributed by atoms with Crippen molar-refractivity contribution in [2.24, 2.45) is 0 Å². The smallest absolute Gasteiger partial charge is 0.227 e. The molecule has 0 spiro atoms. The van der Waals surface area contributed by atoms with E-state index in [-0.39, 0.29) is 24.7 Å². The lowest BCUT2D eigenvalue weighted by atomic mass is 10.2. The van der Waals surface area contributed by atoms with Gasteiger partial charge in [0.1, 0.15) is 0 Å². The molecule has 0 saturated carbocycles. The molecule has 2 aliphatic heterocycles. The zero-order chi connectivity index (χ0) is 19.8. The van der Waals surface area contributed by atoms with Gasteiger partial charge in [-0.2, -0.15) is 0 Å². The number of anilines is 1. The van der Waals surface area contributed by atoms with E-state index in [0.717, 1.165) is 62.0 Å². The van der Waals surface area contributed by atoms with Gasteiger partial charge in [0, 0.05) is 62.8 Å². The third-order valence-corrected chi connectivity index (χ3v) is 6.52. The Hall–Kier alpha value is -1.57. The molecule has 28 heavy (non-hydrogen) atoms. The molecular formula is C21H32N4O2S. The standard InChI is InChI=1S/C21H32N4O2S/c1-2-23-12-14-24(15-13-23)11-5-10-22-20(26)8-9-21(27)25-16-17-28-19-7-4-3-6-18(19)25/h3-4,6-7H,2,5,8-17H2,1H3,(H,22,26). The summed E-state index contributed by atoms with van der Waals surface area (Å²) in [6, 6.07) is 7.99. The van der Waals surface area contributed by atoms with E-state index in [0.29, 0.717) is 13.1 Å². The fourth-order valence-electron chi connectivity index (χ4n) is 3.73. The second-order valence-electron chi connectivity index (χ2n) is 7.34. The fourth-order valence-corrected chi connectivity index (χ4v) is 4.73. The van der Waals surface area contributed by atoms with Gasteiger partial charge in [0.25, 0.3) is 0 Å². The first-order valence-electron chi connectivity index (χ1n) is 10.4. The number of hydrogen-bond acceptors (Lipinski definition) is 5. The maximum atomic E-state index is 12.6. The molecule has 1 fully saturated rings. The molecule has 2 heterocycles. The quantitative estimate of drug-likeness (QED) is 0.672. The molecule has 6 nitrogen and oxygen atoms in total. The Labute approximate surface area is 172 Å². The fraction of sp³-hybridized carbons (Fsp3) is 0.619. The topological polar surface area (TPSA) is 55.9 Å². The summed E-state index contributed by atoms with van der Waals surface area (Å²) in [5, 5.41) is 2.97. The maximum Gasteiger partial charge on any atom is 0.227 e. The second-order valence-corrected chi connectivity index (χ2v) is 8.48. The van der Waals surface area contributed by atoms with Crippen LogP contribution >= 0.6 is 11.8 Å². The summed E-state index contributed by atoms with van der Waals surface area (Å²) in [4.78, 5) is 32.6. The minimum atomic E-state index is -0.0242. The first-order chi connectivity index (χ1) is 13.7. The van der Waals surface area contributed by atoms with Gasteiger partial charge in [0.15, 0.2) is 0 Å². The molecule has 154 valence electrons. The maximum absolute atomic E-state index is 12.6. The van der Waals surface area contributed by atoms with Crippen molar-refractivity contribution in [3.63, 3.8) is 0 Å². The summed E-state index contributed by atoms with van der Waals surface area (Å²) < 4.78 is 0. The number of rotatable bonds is 8. The van der Waals surface area contributed by atoms with Crippen LogP contribution < -0.4 is 10.2 Å². The van der Waals surface area contributed by atoms with E-state index in [1.165, 1.54) is 0 Å². The summed E-state index contributed by atoms with van der Waals surface area (Å²) in [6.07, 6.45) is 1.49. The number of fused-ring (bicyclic) bond motifs is 1. The molecule has 0 aromatic heterocycles. The molecule has 1 saturated heterocycles. The van der Waals surface area contributed by atoms with Crippen LogP contribution in [0.15, 0.2) is 29.2 Å². The van der Waals surface area contributed by atoms with E-state index in [2.05, 4.69) is 22.0 Å². The molecule has 0 bridgehead atoms. The molecule has 0 atom stereocenters. The van der Waals surface area contributed by atoms with Gasteiger partial charge in [-0.15, -0.1) is 11.8 Å². The van der Waals surface area contributed by atoms with E-state index in [1.807, 2.05) is 29.2 Å². The predicted molar refractivity (Wildman–Crippen MR) is 115 cm³/mol. The van der Waals surface area contributed by atoms with Crippen LogP contribution in [0.1, 0.15) is 26.2 Å². The van der Waals surface area contributed by atoms with Crippen molar-refractivity contribution in [2.45, 2.75) is 31.1 Å². The number of para-hydroxylation sites is 1. The Kier molecular flexibility index (Phi) is 8.18. The van der Waals surface area contributed by atoms with E-state index in [4.69, 9.17) is 0 Å². The highest BCUT2D eigenvalue weighted by atomic mass is 32.2. The normalized spacial score (nSPS) is 18.0. The number of carbonyl (C=O) groups is 2. The minimum absolute atomic E-state index is 0.0242. The van der Waals surface area contributed by atoms with Crippen LogP contribution in [-0.2, 0) is 9.59 Å². The SMILES string of the molecule is CCN1CCN(CCCNC(=O)CCC(=O)N2CCSc3ccccc32)CC1. The third kappa shape index (κ3) is 5.96. The van der Waals surface area contributed by atoms with Crippen LogP contribution in [-0.4, -0.2) is 79.7 Å². The number of thioether (sulfide) groups is 1. The monoisotopic (exact) mass is 404 g/mol. The van der Waals surface area contributed by atoms with Crippen molar-refractivity contribution in [1.29, 1.82) is 0 Å². The van der Waals surface area contributed by atoms with Gasteiger partial charge in [-0.3, -0.25) is 9.59 Å². The molecule has 1 aromatic carbocycles.